The molecule has 1 aromatic rings. The number of aromatic nitrogens is 2. The molecule has 0 aliphatic rings. The van der Waals surface area contributed by atoms with Crippen LogP contribution in [0.1, 0.15) is 33.7 Å². The highest BCUT2D eigenvalue weighted by Crippen LogP contribution is 2.00. The number of carbonyl (C=O) groups is 1. The SMILES string of the molecule is CC(C)N(C)C(=O)Cn1ccn(C(C)C)c1=O. The zero-order chi connectivity index (χ0) is 13.2. The summed E-state index contributed by atoms with van der Waals surface area (Å²) < 4.78 is 3.06. The molecule has 0 fully saturated rings. The van der Waals surface area contributed by atoms with Crippen molar-refractivity contribution in [2.24, 2.45) is 0 Å². The van der Waals surface area contributed by atoms with Crippen LogP contribution in [0.3, 0.4) is 0 Å². The molecule has 1 aromatic heterocycles. The Balaban J connectivity index is 2.83. The molecule has 0 saturated heterocycles. The molecule has 0 bridgehead atoms. The first kappa shape index (κ1) is 13.5. The summed E-state index contributed by atoms with van der Waals surface area (Å²) in [6, 6.07) is 0.257. The van der Waals surface area contributed by atoms with Gasteiger partial charge in [-0.1, -0.05) is 0 Å². The van der Waals surface area contributed by atoms with Crippen LogP contribution in [-0.2, 0) is 11.3 Å². The fourth-order valence-electron chi connectivity index (χ4n) is 1.49. The second kappa shape index (κ2) is 5.21. The molecule has 0 aliphatic heterocycles. The molecular formula is C12H21N3O2. The summed E-state index contributed by atoms with van der Waals surface area (Å²) in [7, 11) is 1.75. The average molecular weight is 239 g/mol. The summed E-state index contributed by atoms with van der Waals surface area (Å²) in [5.74, 6) is -0.0522. The number of hydrogen-bond acceptors (Lipinski definition) is 2. The third-order valence-corrected chi connectivity index (χ3v) is 2.90. The number of imidazole rings is 1. The van der Waals surface area contributed by atoms with Crippen molar-refractivity contribution < 1.29 is 4.79 Å². The third kappa shape index (κ3) is 2.99. The van der Waals surface area contributed by atoms with E-state index in [0.29, 0.717) is 0 Å². The molecule has 5 nitrogen and oxygen atoms in total. The van der Waals surface area contributed by atoms with Crippen LogP contribution in [0.25, 0.3) is 0 Å². The van der Waals surface area contributed by atoms with Gasteiger partial charge < -0.3 is 4.90 Å². The molecule has 0 N–H and O–H groups in total. The van der Waals surface area contributed by atoms with E-state index < -0.39 is 0 Å². The highest BCUT2D eigenvalue weighted by molar-refractivity contribution is 5.75. The van der Waals surface area contributed by atoms with Gasteiger partial charge in [-0.15, -0.1) is 0 Å². The monoisotopic (exact) mass is 239 g/mol. The third-order valence-electron chi connectivity index (χ3n) is 2.90. The van der Waals surface area contributed by atoms with E-state index in [-0.39, 0.29) is 30.2 Å². The molecule has 0 radical (unpaired) electrons. The first-order chi connectivity index (χ1) is 7.84. The Bertz CT molecular complexity index is 443. The van der Waals surface area contributed by atoms with Gasteiger partial charge in [0, 0.05) is 31.5 Å². The highest BCUT2D eigenvalue weighted by Gasteiger charge is 2.14. The minimum atomic E-state index is -0.134. The first-order valence-corrected chi connectivity index (χ1v) is 5.87. The number of likely N-dealkylation sites (N-methyl/N-ethyl adjacent to an activating group) is 1. The lowest BCUT2D eigenvalue weighted by Crippen LogP contribution is -2.38. The molecule has 17 heavy (non-hydrogen) atoms. The van der Waals surface area contributed by atoms with Crippen LogP contribution in [0.5, 0.6) is 0 Å². The Kier molecular flexibility index (Phi) is 4.15. The largest absolute Gasteiger partial charge is 0.342 e. The zero-order valence-corrected chi connectivity index (χ0v) is 11.2. The van der Waals surface area contributed by atoms with Gasteiger partial charge in [-0.25, -0.2) is 4.79 Å². The fraction of sp³-hybridized carbons (Fsp3) is 0.667. The summed E-state index contributed by atoms with van der Waals surface area (Å²) in [5, 5.41) is 0. The normalized spacial score (nSPS) is 11.2. The van der Waals surface area contributed by atoms with Crippen molar-refractivity contribution in [3.05, 3.63) is 22.9 Å². The van der Waals surface area contributed by atoms with Gasteiger partial charge in [0.05, 0.1) is 0 Å². The molecule has 0 saturated carbocycles. The second-order valence-corrected chi connectivity index (χ2v) is 4.81. The van der Waals surface area contributed by atoms with Crippen molar-refractivity contribution in [3.63, 3.8) is 0 Å². The standard InChI is InChI=1S/C12H21N3O2/c1-9(2)13(5)11(16)8-14-6-7-15(10(3)4)12(14)17/h6-7,9-10H,8H2,1-5H3. The number of nitrogens with zero attached hydrogens (tertiary/aromatic N) is 3. The van der Waals surface area contributed by atoms with Crippen molar-refractivity contribution >= 4 is 5.91 Å². The van der Waals surface area contributed by atoms with Crippen LogP contribution < -0.4 is 5.69 Å². The zero-order valence-electron chi connectivity index (χ0n) is 11.2. The molecule has 0 aromatic carbocycles. The maximum atomic E-state index is 11.9. The van der Waals surface area contributed by atoms with Gasteiger partial charge >= 0.3 is 5.69 Å². The van der Waals surface area contributed by atoms with E-state index in [0.717, 1.165) is 0 Å². The Morgan fingerprint density at radius 2 is 1.88 bits per heavy atom. The van der Waals surface area contributed by atoms with Gasteiger partial charge in [-0.3, -0.25) is 13.9 Å². The molecule has 0 aliphatic carbocycles. The van der Waals surface area contributed by atoms with Gasteiger partial charge in [-0.2, -0.15) is 0 Å². The predicted octanol–water partition coefficient (Wildman–Crippen LogP) is 1.10. The summed E-state index contributed by atoms with van der Waals surface area (Å²) in [4.78, 5) is 25.4. The first-order valence-electron chi connectivity index (χ1n) is 5.87. The average Bonchev–Trinajstić information content (AvgIpc) is 2.59. The molecule has 1 rings (SSSR count). The molecular weight excluding hydrogens is 218 g/mol. The quantitative estimate of drug-likeness (QED) is 0.790. The van der Waals surface area contributed by atoms with Gasteiger partial charge in [0.15, 0.2) is 0 Å². The smallest absolute Gasteiger partial charge is 0.328 e. The van der Waals surface area contributed by atoms with Crippen molar-refractivity contribution in [1.82, 2.24) is 14.0 Å². The second-order valence-electron chi connectivity index (χ2n) is 4.81. The lowest BCUT2D eigenvalue weighted by Gasteiger charge is -2.21. The van der Waals surface area contributed by atoms with Crippen molar-refractivity contribution in [1.29, 1.82) is 0 Å². The van der Waals surface area contributed by atoms with Crippen LogP contribution in [0, 0.1) is 0 Å². The van der Waals surface area contributed by atoms with E-state index in [1.165, 1.54) is 4.57 Å². The number of hydrogen-bond donors (Lipinski definition) is 0. The van der Waals surface area contributed by atoms with Gasteiger partial charge in [0.1, 0.15) is 6.54 Å². The molecule has 0 atom stereocenters. The molecule has 1 amide bonds. The van der Waals surface area contributed by atoms with Gasteiger partial charge in [0.25, 0.3) is 0 Å². The Hall–Kier alpha value is -1.52. The van der Waals surface area contributed by atoms with Crippen molar-refractivity contribution in [2.45, 2.75) is 46.3 Å². The van der Waals surface area contributed by atoms with Crippen molar-refractivity contribution in [2.75, 3.05) is 7.05 Å². The van der Waals surface area contributed by atoms with E-state index in [4.69, 9.17) is 0 Å². The minimum absolute atomic E-state index is 0.0522. The minimum Gasteiger partial charge on any atom is -0.342 e. The fourth-order valence-corrected chi connectivity index (χ4v) is 1.49. The maximum Gasteiger partial charge on any atom is 0.328 e. The van der Waals surface area contributed by atoms with E-state index in [9.17, 15) is 9.59 Å². The molecule has 1 heterocycles. The van der Waals surface area contributed by atoms with E-state index >= 15 is 0 Å². The lowest BCUT2D eigenvalue weighted by molar-refractivity contribution is -0.132. The Morgan fingerprint density at radius 3 is 2.29 bits per heavy atom. The predicted molar refractivity (Wildman–Crippen MR) is 67.0 cm³/mol. The molecule has 0 spiro atoms. The van der Waals surface area contributed by atoms with Crippen LogP contribution in [-0.4, -0.2) is 33.0 Å². The summed E-state index contributed by atoms with van der Waals surface area (Å²) in [5.41, 5.74) is -0.134. The van der Waals surface area contributed by atoms with Crippen LogP contribution in [0.4, 0.5) is 0 Å². The van der Waals surface area contributed by atoms with Crippen LogP contribution in [0.2, 0.25) is 0 Å². The summed E-state index contributed by atoms with van der Waals surface area (Å²) >= 11 is 0. The van der Waals surface area contributed by atoms with Crippen molar-refractivity contribution in [3.8, 4) is 0 Å². The molecule has 5 heteroatoms. The van der Waals surface area contributed by atoms with Gasteiger partial charge in [-0.05, 0) is 27.7 Å². The number of rotatable bonds is 4. The Labute approximate surface area is 102 Å². The topological polar surface area (TPSA) is 47.2 Å². The molecule has 0 unspecified atom stereocenters. The highest BCUT2D eigenvalue weighted by atomic mass is 16.2. The Morgan fingerprint density at radius 1 is 1.29 bits per heavy atom. The maximum absolute atomic E-state index is 11.9. The van der Waals surface area contributed by atoms with Gasteiger partial charge in [0.2, 0.25) is 5.91 Å². The summed E-state index contributed by atoms with van der Waals surface area (Å²) in [6.45, 7) is 7.87. The number of amides is 1. The lowest BCUT2D eigenvalue weighted by atomic mass is 10.3. The van der Waals surface area contributed by atoms with E-state index in [1.807, 2.05) is 27.7 Å². The van der Waals surface area contributed by atoms with Crippen LogP contribution >= 0.6 is 0 Å². The molecule has 96 valence electrons. The summed E-state index contributed by atoms with van der Waals surface area (Å²) in [6.07, 6.45) is 3.38. The van der Waals surface area contributed by atoms with E-state index in [1.54, 1.807) is 28.9 Å². The van der Waals surface area contributed by atoms with E-state index in [2.05, 4.69) is 0 Å². The van der Waals surface area contributed by atoms with Crippen LogP contribution in [0.15, 0.2) is 17.2 Å². The number of carbonyl (C=O) groups excluding carboxylic acids is 1.